The van der Waals surface area contributed by atoms with Gasteiger partial charge in [-0.25, -0.2) is 0 Å². The Morgan fingerprint density at radius 1 is 1.36 bits per heavy atom. The molecule has 3 heteroatoms. The van der Waals surface area contributed by atoms with Crippen LogP contribution in [0.15, 0.2) is 16.8 Å². The van der Waals surface area contributed by atoms with Gasteiger partial charge < -0.3 is 10.2 Å². The molecular weight excluding hydrogens is 192 g/mol. The monoisotopic (exact) mass is 210 g/mol. The van der Waals surface area contributed by atoms with Gasteiger partial charge in [-0.05, 0) is 48.3 Å². The SMILES string of the molecule is c1cc(CCN2CCCNCC2)cs1. The third-order valence-electron chi connectivity index (χ3n) is 2.73. The summed E-state index contributed by atoms with van der Waals surface area (Å²) < 4.78 is 0. The van der Waals surface area contributed by atoms with Gasteiger partial charge in [0, 0.05) is 19.6 Å². The fraction of sp³-hybridized carbons (Fsp3) is 0.636. The first kappa shape index (κ1) is 10.1. The lowest BCUT2D eigenvalue weighted by Crippen LogP contribution is -2.29. The highest BCUT2D eigenvalue weighted by molar-refractivity contribution is 7.07. The minimum absolute atomic E-state index is 1.16. The Hall–Kier alpha value is -0.380. The maximum absolute atomic E-state index is 3.43. The van der Waals surface area contributed by atoms with E-state index >= 15 is 0 Å². The average Bonchev–Trinajstić information content (AvgIpc) is 2.58. The predicted molar refractivity (Wildman–Crippen MR) is 61.9 cm³/mol. The molecule has 1 N–H and O–H groups in total. The van der Waals surface area contributed by atoms with Crippen molar-refractivity contribution in [1.82, 2.24) is 10.2 Å². The molecule has 78 valence electrons. The number of nitrogens with one attached hydrogen (secondary N) is 1. The van der Waals surface area contributed by atoms with Crippen LogP contribution < -0.4 is 5.32 Å². The van der Waals surface area contributed by atoms with Crippen LogP contribution in [-0.2, 0) is 6.42 Å². The summed E-state index contributed by atoms with van der Waals surface area (Å²) in [6, 6.07) is 2.24. The van der Waals surface area contributed by atoms with Gasteiger partial charge in [-0.2, -0.15) is 11.3 Å². The maximum atomic E-state index is 3.43. The van der Waals surface area contributed by atoms with Crippen molar-refractivity contribution in [3.8, 4) is 0 Å². The van der Waals surface area contributed by atoms with E-state index in [2.05, 4.69) is 27.0 Å². The van der Waals surface area contributed by atoms with Gasteiger partial charge in [0.05, 0.1) is 0 Å². The van der Waals surface area contributed by atoms with E-state index in [1.165, 1.54) is 44.6 Å². The molecule has 1 saturated heterocycles. The van der Waals surface area contributed by atoms with Crippen LogP contribution in [0.3, 0.4) is 0 Å². The molecule has 0 saturated carbocycles. The summed E-state index contributed by atoms with van der Waals surface area (Å²) in [5.41, 5.74) is 1.49. The topological polar surface area (TPSA) is 15.3 Å². The Bertz CT molecular complexity index is 238. The van der Waals surface area contributed by atoms with Gasteiger partial charge in [0.1, 0.15) is 0 Å². The Morgan fingerprint density at radius 2 is 2.36 bits per heavy atom. The summed E-state index contributed by atoms with van der Waals surface area (Å²) in [4.78, 5) is 2.57. The van der Waals surface area contributed by atoms with Gasteiger partial charge >= 0.3 is 0 Å². The normalized spacial score (nSPS) is 19.4. The van der Waals surface area contributed by atoms with Gasteiger partial charge in [0.25, 0.3) is 0 Å². The van der Waals surface area contributed by atoms with Crippen molar-refractivity contribution in [2.45, 2.75) is 12.8 Å². The molecule has 0 bridgehead atoms. The largest absolute Gasteiger partial charge is 0.315 e. The highest BCUT2D eigenvalue weighted by Gasteiger charge is 2.07. The minimum atomic E-state index is 1.16. The Labute approximate surface area is 89.9 Å². The second-order valence-corrected chi connectivity index (χ2v) is 4.61. The van der Waals surface area contributed by atoms with Crippen LogP contribution in [0.2, 0.25) is 0 Å². The summed E-state index contributed by atoms with van der Waals surface area (Å²) in [5, 5.41) is 7.86. The third-order valence-corrected chi connectivity index (χ3v) is 3.46. The molecule has 2 heterocycles. The lowest BCUT2D eigenvalue weighted by molar-refractivity contribution is 0.296. The van der Waals surface area contributed by atoms with Crippen molar-refractivity contribution in [2.75, 3.05) is 32.7 Å². The molecule has 1 aliphatic heterocycles. The molecule has 2 rings (SSSR count). The smallest absolute Gasteiger partial charge is 0.0107 e. The van der Waals surface area contributed by atoms with E-state index in [0.717, 1.165) is 6.54 Å². The summed E-state index contributed by atoms with van der Waals surface area (Å²) in [7, 11) is 0. The molecule has 1 aliphatic rings. The lowest BCUT2D eigenvalue weighted by Gasteiger charge is -2.18. The first-order valence-corrected chi connectivity index (χ1v) is 6.33. The molecule has 0 spiro atoms. The zero-order chi connectivity index (χ0) is 9.64. The first-order chi connectivity index (χ1) is 6.95. The maximum Gasteiger partial charge on any atom is 0.0107 e. The summed E-state index contributed by atoms with van der Waals surface area (Å²) in [6.45, 7) is 6.04. The molecule has 0 atom stereocenters. The van der Waals surface area contributed by atoms with Gasteiger partial charge in [0.15, 0.2) is 0 Å². The van der Waals surface area contributed by atoms with E-state index in [4.69, 9.17) is 0 Å². The van der Waals surface area contributed by atoms with Gasteiger partial charge in [-0.3, -0.25) is 0 Å². The number of hydrogen-bond donors (Lipinski definition) is 1. The zero-order valence-corrected chi connectivity index (χ0v) is 9.35. The summed E-state index contributed by atoms with van der Waals surface area (Å²) in [6.07, 6.45) is 2.51. The number of rotatable bonds is 3. The Morgan fingerprint density at radius 3 is 3.21 bits per heavy atom. The zero-order valence-electron chi connectivity index (χ0n) is 8.54. The van der Waals surface area contributed by atoms with Crippen molar-refractivity contribution in [3.63, 3.8) is 0 Å². The average molecular weight is 210 g/mol. The molecule has 0 aliphatic carbocycles. The molecule has 1 aromatic rings. The van der Waals surface area contributed by atoms with Crippen molar-refractivity contribution in [3.05, 3.63) is 22.4 Å². The summed E-state index contributed by atoms with van der Waals surface area (Å²) in [5.74, 6) is 0. The van der Waals surface area contributed by atoms with Crippen LogP contribution in [0.5, 0.6) is 0 Å². The first-order valence-electron chi connectivity index (χ1n) is 5.39. The number of hydrogen-bond acceptors (Lipinski definition) is 3. The molecule has 14 heavy (non-hydrogen) atoms. The van der Waals surface area contributed by atoms with Crippen molar-refractivity contribution >= 4 is 11.3 Å². The van der Waals surface area contributed by atoms with Crippen LogP contribution in [0, 0.1) is 0 Å². The van der Waals surface area contributed by atoms with Gasteiger partial charge in [-0.1, -0.05) is 0 Å². The van der Waals surface area contributed by atoms with Crippen LogP contribution in [0.4, 0.5) is 0 Å². The predicted octanol–water partition coefficient (Wildman–Crippen LogP) is 1.59. The molecule has 0 aromatic carbocycles. The van der Waals surface area contributed by atoms with Crippen LogP contribution in [0.25, 0.3) is 0 Å². The van der Waals surface area contributed by atoms with E-state index in [0.29, 0.717) is 0 Å². The summed E-state index contributed by atoms with van der Waals surface area (Å²) >= 11 is 1.80. The van der Waals surface area contributed by atoms with E-state index < -0.39 is 0 Å². The minimum Gasteiger partial charge on any atom is -0.315 e. The van der Waals surface area contributed by atoms with Crippen LogP contribution in [-0.4, -0.2) is 37.6 Å². The van der Waals surface area contributed by atoms with Gasteiger partial charge in [-0.15, -0.1) is 0 Å². The van der Waals surface area contributed by atoms with Crippen LogP contribution in [0.1, 0.15) is 12.0 Å². The highest BCUT2D eigenvalue weighted by atomic mass is 32.1. The third kappa shape index (κ3) is 3.08. The molecule has 0 unspecified atom stereocenters. The van der Waals surface area contributed by atoms with E-state index in [-0.39, 0.29) is 0 Å². The second kappa shape index (κ2) is 5.49. The second-order valence-electron chi connectivity index (χ2n) is 3.83. The molecule has 1 fully saturated rings. The van der Waals surface area contributed by atoms with E-state index in [9.17, 15) is 0 Å². The quantitative estimate of drug-likeness (QED) is 0.815. The molecule has 0 radical (unpaired) electrons. The molecule has 0 amide bonds. The fourth-order valence-electron chi connectivity index (χ4n) is 1.85. The highest BCUT2D eigenvalue weighted by Crippen LogP contribution is 2.07. The number of nitrogens with zero attached hydrogens (tertiary/aromatic N) is 1. The standard InChI is InChI=1S/C11H18N2S/c1-4-12-5-8-13(6-1)7-2-11-3-9-14-10-11/h3,9-10,12H,1-2,4-8H2. The molecule has 1 aromatic heterocycles. The molecule has 2 nitrogen and oxygen atoms in total. The fourth-order valence-corrected chi connectivity index (χ4v) is 2.55. The lowest BCUT2D eigenvalue weighted by atomic mass is 10.2. The van der Waals surface area contributed by atoms with Crippen LogP contribution >= 0.6 is 11.3 Å². The van der Waals surface area contributed by atoms with Crippen molar-refractivity contribution < 1.29 is 0 Å². The molecular formula is C11H18N2S. The number of thiophene rings is 1. The van der Waals surface area contributed by atoms with Crippen molar-refractivity contribution in [1.29, 1.82) is 0 Å². The van der Waals surface area contributed by atoms with E-state index in [1.807, 2.05) is 0 Å². The van der Waals surface area contributed by atoms with E-state index in [1.54, 1.807) is 11.3 Å². The van der Waals surface area contributed by atoms with Gasteiger partial charge in [0.2, 0.25) is 0 Å². The van der Waals surface area contributed by atoms with Crippen molar-refractivity contribution in [2.24, 2.45) is 0 Å². The Kier molecular flexibility index (Phi) is 3.98. The Balaban J connectivity index is 1.73.